The van der Waals surface area contributed by atoms with Crippen molar-refractivity contribution in [3.8, 4) is 0 Å². The van der Waals surface area contributed by atoms with Crippen molar-refractivity contribution in [2.75, 3.05) is 30.5 Å². The van der Waals surface area contributed by atoms with E-state index in [0.717, 1.165) is 19.2 Å². The number of nitrogens with two attached hydrogens (primary N) is 1. The zero-order valence-electron chi connectivity index (χ0n) is 9.11. The van der Waals surface area contributed by atoms with E-state index in [1.807, 2.05) is 6.92 Å². The third-order valence-corrected chi connectivity index (χ3v) is 3.17. The van der Waals surface area contributed by atoms with Crippen molar-refractivity contribution in [3.05, 3.63) is 0 Å². The summed E-state index contributed by atoms with van der Waals surface area (Å²) in [6, 6.07) is 0. The molecule has 0 aliphatic rings. The van der Waals surface area contributed by atoms with Crippen LogP contribution in [0.5, 0.6) is 0 Å². The number of sulfone groups is 1. The number of aromatic nitrogens is 2. The molecule has 0 atom stereocenters. The van der Waals surface area contributed by atoms with Gasteiger partial charge in [-0.15, -0.1) is 0 Å². The van der Waals surface area contributed by atoms with Gasteiger partial charge < -0.3 is 10.6 Å². The summed E-state index contributed by atoms with van der Waals surface area (Å²) in [4.78, 5) is 1.85. The van der Waals surface area contributed by atoms with Crippen molar-refractivity contribution in [1.29, 1.82) is 0 Å². The molecule has 0 spiro atoms. The number of nitrogens with one attached hydrogen (secondary N) is 1. The Morgan fingerprint density at radius 3 is 2.60 bits per heavy atom. The molecule has 1 heterocycles. The average molecular weight is 232 g/mol. The summed E-state index contributed by atoms with van der Waals surface area (Å²) in [6.45, 7) is 2.74. The van der Waals surface area contributed by atoms with Gasteiger partial charge >= 0.3 is 0 Å². The van der Waals surface area contributed by atoms with Gasteiger partial charge in [0.1, 0.15) is 5.82 Å². The lowest BCUT2D eigenvalue weighted by Gasteiger charge is -2.16. The van der Waals surface area contributed by atoms with Crippen LogP contribution in [0.2, 0.25) is 0 Å². The maximum absolute atomic E-state index is 11.5. The van der Waals surface area contributed by atoms with E-state index in [-0.39, 0.29) is 10.7 Å². The predicted molar refractivity (Wildman–Crippen MR) is 59.7 cm³/mol. The third-order valence-electron chi connectivity index (χ3n) is 2.02. The summed E-state index contributed by atoms with van der Waals surface area (Å²) in [5.74, 6) is 0.479. The van der Waals surface area contributed by atoms with Crippen molar-refractivity contribution in [1.82, 2.24) is 10.2 Å². The molecule has 1 aromatic rings. The first-order valence-electron chi connectivity index (χ1n) is 4.63. The molecule has 0 saturated carbocycles. The minimum atomic E-state index is -3.34. The van der Waals surface area contributed by atoms with Gasteiger partial charge in [0.05, 0.1) is 0 Å². The molecule has 0 saturated heterocycles. The molecule has 7 heteroatoms. The van der Waals surface area contributed by atoms with Gasteiger partial charge in [-0.1, -0.05) is 6.92 Å². The van der Waals surface area contributed by atoms with Gasteiger partial charge in [0, 0.05) is 19.8 Å². The normalized spacial score (nSPS) is 11.7. The first kappa shape index (κ1) is 11.8. The van der Waals surface area contributed by atoms with Crippen LogP contribution >= 0.6 is 0 Å². The van der Waals surface area contributed by atoms with Crippen LogP contribution < -0.4 is 10.6 Å². The van der Waals surface area contributed by atoms with Crippen molar-refractivity contribution in [2.24, 2.45) is 0 Å². The first-order valence-corrected chi connectivity index (χ1v) is 6.52. The summed E-state index contributed by atoms with van der Waals surface area (Å²) in [7, 11) is -1.56. The molecule has 0 fully saturated rings. The second-order valence-electron chi connectivity index (χ2n) is 3.48. The molecule has 0 amide bonds. The van der Waals surface area contributed by atoms with Gasteiger partial charge in [-0.3, -0.25) is 5.10 Å². The van der Waals surface area contributed by atoms with Crippen molar-refractivity contribution >= 4 is 21.5 Å². The number of H-pyrrole nitrogens is 1. The fraction of sp³-hybridized carbons (Fsp3) is 0.625. The number of hydrogen-bond donors (Lipinski definition) is 2. The summed E-state index contributed by atoms with van der Waals surface area (Å²) >= 11 is 0. The molecule has 0 aliphatic carbocycles. The predicted octanol–water partition coefficient (Wildman–Crippen LogP) is 0.242. The second kappa shape index (κ2) is 4.09. The first-order chi connectivity index (χ1) is 6.88. The number of anilines is 2. The molecule has 3 N–H and O–H groups in total. The summed E-state index contributed by atoms with van der Waals surface area (Å²) in [5, 5.41) is 6.39. The fourth-order valence-corrected chi connectivity index (χ4v) is 2.38. The van der Waals surface area contributed by atoms with Crippen LogP contribution in [0.4, 0.5) is 11.6 Å². The number of nitrogens with zero attached hydrogens (tertiary/aromatic N) is 2. The molecule has 6 nitrogen and oxygen atoms in total. The van der Waals surface area contributed by atoms with Crippen molar-refractivity contribution in [2.45, 2.75) is 18.2 Å². The Morgan fingerprint density at radius 1 is 1.53 bits per heavy atom. The van der Waals surface area contributed by atoms with Gasteiger partial charge in [0.15, 0.2) is 20.6 Å². The summed E-state index contributed by atoms with van der Waals surface area (Å²) in [6.07, 6.45) is 2.03. The topological polar surface area (TPSA) is 92.1 Å². The average Bonchev–Trinajstić information content (AvgIpc) is 2.46. The van der Waals surface area contributed by atoms with Crippen LogP contribution in [-0.4, -0.2) is 38.5 Å². The van der Waals surface area contributed by atoms with E-state index in [9.17, 15) is 8.42 Å². The van der Waals surface area contributed by atoms with Gasteiger partial charge in [-0.05, 0) is 6.42 Å². The number of rotatable bonds is 4. The van der Waals surface area contributed by atoms with Crippen LogP contribution in [0.3, 0.4) is 0 Å². The lowest BCUT2D eigenvalue weighted by Crippen LogP contribution is -2.20. The Morgan fingerprint density at radius 2 is 2.13 bits per heavy atom. The minimum Gasteiger partial charge on any atom is -0.383 e. The van der Waals surface area contributed by atoms with Gasteiger partial charge in [0.2, 0.25) is 0 Å². The van der Waals surface area contributed by atoms with Gasteiger partial charge in [0.25, 0.3) is 0 Å². The Bertz CT molecular complexity index is 437. The number of nitrogen functional groups attached to an aromatic ring is 1. The largest absolute Gasteiger partial charge is 0.383 e. The minimum absolute atomic E-state index is 0.0819. The number of aromatic amines is 1. The molecule has 0 radical (unpaired) electrons. The van der Waals surface area contributed by atoms with E-state index in [2.05, 4.69) is 10.2 Å². The molecule has 1 rings (SSSR count). The highest BCUT2D eigenvalue weighted by atomic mass is 32.2. The molecule has 0 aliphatic heterocycles. The molecule has 15 heavy (non-hydrogen) atoms. The highest BCUT2D eigenvalue weighted by Gasteiger charge is 2.22. The van der Waals surface area contributed by atoms with Crippen LogP contribution in [-0.2, 0) is 9.84 Å². The maximum atomic E-state index is 11.5. The molecule has 1 aromatic heterocycles. The van der Waals surface area contributed by atoms with E-state index >= 15 is 0 Å². The second-order valence-corrected chi connectivity index (χ2v) is 5.44. The Labute approximate surface area is 89.4 Å². The van der Waals surface area contributed by atoms with Gasteiger partial charge in [-0.2, -0.15) is 5.10 Å². The standard InChI is InChI=1S/C8H16N4O2S/c1-4-5-12(2)8-6(15(3,13)14)7(9)10-11-8/h4-5H2,1-3H3,(H3,9,10,11). The van der Waals surface area contributed by atoms with Gasteiger partial charge in [-0.25, -0.2) is 8.42 Å². The summed E-state index contributed by atoms with van der Waals surface area (Å²) < 4.78 is 23.0. The fourth-order valence-electron chi connectivity index (χ4n) is 1.40. The zero-order chi connectivity index (χ0) is 11.6. The number of hydrogen-bond acceptors (Lipinski definition) is 5. The third kappa shape index (κ3) is 2.41. The van der Waals surface area contributed by atoms with E-state index in [1.54, 1.807) is 11.9 Å². The smallest absolute Gasteiger partial charge is 0.182 e. The highest BCUT2D eigenvalue weighted by Crippen LogP contribution is 2.26. The summed E-state index contributed by atoms with van der Waals surface area (Å²) in [5.41, 5.74) is 5.54. The Kier molecular flexibility index (Phi) is 3.23. The monoisotopic (exact) mass is 232 g/mol. The zero-order valence-corrected chi connectivity index (χ0v) is 9.93. The van der Waals surface area contributed by atoms with Crippen LogP contribution in [0.25, 0.3) is 0 Å². The molecule has 0 aromatic carbocycles. The van der Waals surface area contributed by atoms with Crippen LogP contribution in [0.15, 0.2) is 4.90 Å². The molecule has 0 bridgehead atoms. The van der Waals surface area contributed by atoms with E-state index < -0.39 is 9.84 Å². The molecule has 86 valence electrons. The highest BCUT2D eigenvalue weighted by molar-refractivity contribution is 7.91. The van der Waals surface area contributed by atoms with E-state index in [1.165, 1.54) is 0 Å². The quantitative estimate of drug-likeness (QED) is 0.776. The Hall–Kier alpha value is -1.24. The SMILES string of the molecule is CCCN(C)c1n[nH]c(N)c1S(C)(=O)=O. The van der Waals surface area contributed by atoms with E-state index in [0.29, 0.717) is 5.82 Å². The molecule has 0 unspecified atom stereocenters. The lowest BCUT2D eigenvalue weighted by molar-refractivity contribution is 0.602. The Balaban J connectivity index is 3.21. The van der Waals surface area contributed by atoms with Crippen molar-refractivity contribution in [3.63, 3.8) is 0 Å². The molecular formula is C8H16N4O2S. The van der Waals surface area contributed by atoms with Crippen molar-refractivity contribution < 1.29 is 8.42 Å². The maximum Gasteiger partial charge on any atom is 0.182 e. The molecular weight excluding hydrogens is 216 g/mol. The van der Waals surface area contributed by atoms with E-state index in [4.69, 9.17) is 5.73 Å². The lowest BCUT2D eigenvalue weighted by atomic mass is 10.4. The van der Waals surface area contributed by atoms with Crippen LogP contribution in [0.1, 0.15) is 13.3 Å². The van der Waals surface area contributed by atoms with Crippen LogP contribution in [0, 0.1) is 0 Å².